The van der Waals surface area contributed by atoms with Gasteiger partial charge in [0.15, 0.2) is 11.5 Å². The summed E-state index contributed by atoms with van der Waals surface area (Å²) in [6.45, 7) is 5.42. The highest BCUT2D eigenvalue weighted by Crippen LogP contribution is 2.30. The lowest BCUT2D eigenvalue weighted by molar-refractivity contribution is -0.118. The average molecular weight is 383 g/mol. The minimum atomic E-state index is -0.0811. The second-order valence-corrected chi connectivity index (χ2v) is 7.20. The molecule has 0 aliphatic carbocycles. The van der Waals surface area contributed by atoms with E-state index in [0.29, 0.717) is 36.8 Å². The van der Waals surface area contributed by atoms with Gasteiger partial charge in [-0.1, -0.05) is 17.8 Å². The van der Waals surface area contributed by atoms with Crippen molar-refractivity contribution in [2.75, 3.05) is 25.5 Å². The van der Waals surface area contributed by atoms with Crippen LogP contribution in [0, 0.1) is 25.2 Å². The molecular weight excluding hydrogens is 362 g/mol. The molecule has 1 N–H and O–H groups in total. The van der Waals surface area contributed by atoms with Crippen LogP contribution in [-0.2, 0) is 11.2 Å². The van der Waals surface area contributed by atoms with Gasteiger partial charge < -0.3 is 14.8 Å². The summed E-state index contributed by atoms with van der Waals surface area (Å²) < 4.78 is 11.1. The predicted molar refractivity (Wildman–Crippen MR) is 103 cm³/mol. The molecule has 0 radical (unpaired) electrons. The van der Waals surface area contributed by atoms with Crippen LogP contribution in [0.25, 0.3) is 0 Å². The van der Waals surface area contributed by atoms with Gasteiger partial charge in [-0.2, -0.15) is 5.26 Å². The zero-order valence-corrected chi connectivity index (χ0v) is 16.2. The van der Waals surface area contributed by atoms with Gasteiger partial charge in [0.2, 0.25) is 5.91 Å². The van der Waals surface area contributed by atoms with Gasteiger partial charge in [0, 0.05) is 12.2 Å². The first-order valence-corrected chi connectivity index (χ1v) is 9.71. The van der Waals surface area contributed by atoms with Crippen molar-refractivity contribution in [3.63, 3.8) is 0 Å². The number of thioether (sulfide) groups is 1. The third-order valence-corrected chi connectivity index (χ3v) is 5.08. The highest BCUT2D eigenvalue weighted by atomic mass is 32.2. The van der Waals surface area contributed by atoms with Gasteiger partial charge in [-0.05, 0) is 49.6 Å². The van der Waals surface area contributed by atoms with E-state index in [4.69, 9.17) is 9.47 Å². The number of rotatable bonds is 6. The molecule has 0 spiro atoms. The van der Waals surface area contributed by atoms with Crippen LogP contribution in [0.1, 0.15) is 22.4 Å². The lowest BCUT2D eigenvalue weighted by Crippen LogP contribution is -2.27. The highest BCUT2D eigenvalue weighted by molar-refractivity contribution is 8.00. The first-order valence-electron chi connectivity index (χ1n) is 8.73. The predicted octanol–water partition coefficient (Wildman–Crippen LogP) is 2.79. The monoisotopic (exact) mass is 383 g/mol. The Labute approximate surface area is 162 Å². The summed E-state index contributed by atoms with van der Waals surface area (Å²) in [5.41, 5.74) is 3.34. The van der Waals surface area contributed by atoms with Crippen molar-refractivity contribution in [2.45, 2.75) is 25.3 Å². The second-order valence-electron chi connectivity index (χ2n) is 6.24. The number of ether oxygens (including phenoxy) is 2. The summed E-state index contributed by atoms with van der Waals surface area (Å²) in [5.74, 6) is 1.67. The van der Waals surface area contributed by atoms with E-state index < -0.39 is 0 Å². The van der Waals surface area contributed by atoms with Gasteiger partial charge in [-0.15, -0.1) is 0 Å². The van der Waals surface area contributed by atoms with Crippen LogP contribution < -0.4 is 14.8 Å². The molecule has 0 atom stereocenters. The number of hydrogen-bond acceptors (Lipinski definition) is 6. The van der Waals surface area contributed by atoms with E-state index in [1.807, 2.05) is 38.1 Å². The van der Waals surface area contributed by atoms with Gasteiger partial charge in [0.25, 0.3) is 0 Å². The number of nitriles is 1. The molecule has 0 saturated carbocycles. The molecule has 6 nitrogen and oxygen atoms in total. The Morgan fingerprint density at radius 2 is 2.04 bits per heavy atom. The largest absolute Gasteiger partial charge is 0.486 e. The Morgan fingerprint density at radius 1 is 1.26 bits per heavy atom. The molecule has 1 aliphatic heterocycles. The number of carbonyl (C=O) groups is 1. The molecule has 2 aromatic rings. The Morgan fingerprint density at radius 3 is 2.81 bits per heavy atom. The lowest BCUT2D eigenvalue weighted by Gasteiger charge is -2.18. The fourth-order valence-electron chi connectivity index (χ4n) is 2.82. The maximum Gasteiger partial charge on any atom is 0.230 e. The molecule has 2 heterocycles. The van der Waals surface area contributed by atoms with Gasteiger partial charge in [0.05, 0.1) is 11.3 Å². The van der Waals surface area contributed by atoms with E-state index in [1.165, 1.54) is 11.8 Å². The number of hydrogen-bond donors (Lipinski definition) is 1. The van der Waals surface area contributed by atoms with Crippen LogP contribution in [0.15, 0.2) is 29.3 Å². The summed E-state index contributed by atoms with van der Waals surface area (Å²) in [5, 5.41) is 12.8. The summed E-state index contributed by atoms with van der Waals surface area (Å²) in [4.78, 5) is 16.5. The number of nitrogens with one attached hydrogen (secondary N) is 1. The molecule has 1 amide bonds. The number of benzene rings is 1. The van der Waals surface area contributed by atoms with Crippen molar-refractivity contribution in [3.05, 3.63) is 46.6 Å². The standard InChI is InChI=1S/C20H21N3O3S/c1-13-9-14(2)23-20(16(13)11-21)27-12-19(24)22-6-5-15-3-4-17-18(10-15)26-8-7-25-17/h3-4,9-10H,5-8,12H2,1-2H3,(H,22,24). The first kappa shape index (κ1) is 19.1. The van der Waals surface area contributed by atoms with E-state index in [9.17, 15) is 10.1 Å². The van der Waals surface area contributed by atoms with E-state index in [0.717, 1.165) is 28.3 Å². The molecule has 0 bridgehead atoms. The van der Waals surface area contributed by atoms with E-state index in [2.05, 4.69) is 16.4 Å². The highest BCUT2D eigenvalue weighted by Gasteiger charge is 2.13. The minimum Gasteiger partial charge on any atom is -0.486 e. The van der Waals surface area contributed by atoms with Crippen molar-refractivity contribution in [3.8, 4) is 17.6 Å². The van der Waals surface area contributed by atoms with Crippen LogP contribution >= 0.6 is 11.8 Å². The summed E-state index contributed by atoms with van der Waals surface area (Å²) in [7, 11) is 0. The minimum absolute atomic E-state index is 0.0811. The number of aryl methyl sites for hydroxylation is 2. The molecule has 3 rings (SSSR count). The molecular formula is C20H21N3O3S. The number of amides is 1. The summed E-state index contributed by atoms with van der Waals surface area (Å²) in [6.07, 6.45) is 0.707. The zero-order chi connectivity index (χ0) is 19.2. The molecule has 27 heavy (non-hydrogen) atoms. The van der Waals surface area contributed by atoms with Crippen LogP contribution in [0.4, 0.5) is 0 Å². The van der Waals surface area contributed by atoms with E-state index >= 15 is 0 Å². The third kappa shape index (κ3) is 4.92. The van der Waals surface area contributed by atoms with Crippen LogP contribution in [0.5, 0.6) is 11.5 Å². The quantitative estimate of drug-likeness (QED) is 0.772. The number of nitrogens with zero attached hydrogens (tertiary/aromatic N) is 2. The number of pyridine rings is 1. The normalized spacial score (nSPS) is 12.3. The Hall–Kier alpha value is -2.72. The van der Waals surface area contributed by atoms with Crippen molar-refractivity contribution in [1.82, 2.24) is 10.3 Å². The van der Waals surface area contributed by atoms with Gasteiger partial charge in [0.1, 0.15) is 24.3 Å². The molecule has 140 valence electrons. The Bertz CT molecular complexity index is 893. The molecule has 1 aliphatic rings. The van der Waals surface area contributed by atoms with Crippen molar-refractivity contribution >= 4 is 17.7 Å². The summed E-state index contributed by atoms with van der Waals surface area (Å²) in [6, 6.07) is 9.87. The van der Waals surface area contributed by atoms with Crippen molar-refractivity contribution in [2.24, 2.45) is 0 Å². The summed E-state index contributed by atoms with van der Waals surface area (Å²) >= 11 is 1.29. The topological polar surface area (TPSA) is 84.2 Å². The molecule has 1 aromatic heterocycles. The van der Waals surface area contributed by atoms with Crippen LogP contribution in [0.3, 0.4) is 0 Å². The molecule has 1 aromatic carbocycles. The van der Waals surface area contributed by atoms with Gasteiger partial charge in [-0.3, -0.25) is 4.79 Å². The average Bonchev–Trinajstić information content (AvgIpc) is 2.66. The molecule has 0 unspecified atom stereocenters. The molecule has 0 fully saturated rings. The van der Waals surface area contributed by atoms with E-state index in [-0.39, 0.29) is 11.7 Å². The number of aromatic nitrogens is 1. The SMILES string of the molecule is Cc1cc(C)c(C#N)c(SCC(=O)NCCc2ccc3c(c2)OCCO3)n1. The van der Waals surface area contributed by atoms with Crippen LogP contribution in [0.2, 0.25) is 0 Å². The fraction of sp³-hybridized carbons (Fsp3) is 0.350. The van der Waals surface area contributed by atoms with Gasteiger partial charge in [-0.25, -0.2) is 4.98 Å². The number of carbonyl (C=O) groups excluding carboxylic acids is 1. The third-order valence-electron chi connectivity index (χ3n) is 4.11. The first-order chi connectivity index (χ1) is 13.1. The maximum absolute atomic E-state index is 12.1. The Balaban J connectivity index is 1.49. The van der Waals surface area contributed by atoms with E-state index in [1.54, 1.807) is 0 Å². The van der Waals surface area contributed by atoms with Crippen molar-refractivity contribution < 1.29 is 14.3 Å². The Kier molecular flexibility index (Phi) is 6.20. The van der Waals surface area contributed by atoms with Gasteiger partial charge >= 0.3 is 0 Å². The molecule has 0 saturated heterocycles. The molecule has 7 heteroatoms. The second kappa shape index (κ2) is 8.78. The maximum atomic E-state index is 12.1. The van der Waals surface area contributed by atoms with Crippen LogP contribution in [-0.4, -0.2) is 36.4 Å². The number of fused-ring (bicyclic) bond motifs is 1. The zero-order valence-electron chi connectivity index (χ0n) is 15.4. The smallest absolute Gasteiger partial charge is 0.230 e. The lowest BCUT2D eigenvalue weighted by atomic mass is 10.1. The van der Waals surface area contributed by atoms with Crippen molar-refractivity contribution in [1.29, 1.82) is 5.26 Å². The fourth-order valence-corrected chi connectivity index (χ4v) is 3.75.